The highest BCUT2D eigenvalue weighted by atomic mass is 127. The van der Waals surface area contributed by atoms with Gasteiger partial charge in [-0.25, -0.2) is 0 Å². The third-order valence-electron chi connectivity index (χ3n) is 2.44. The predicted molar refractivity (Wildman–Crippen MR) is 76.8 cm³/mol. The van der Waals surface area contributed by atoms with Crippen molar-refractivity contribution in [1.29, 1.82) is 0 Å². The molecule has 0 saturated carbocycles. The van der Waals surface area contributed by atoms with Crippen LogP contribution in [0.15, 0.2) is 12.1 Å². The Morgan fingerprint density at radius 3 is 2.26 bits per heavy atom. The van der Waals surface area contributed by atoms with Crippen LogP contribution in [-0.4, -0.2) is 37.2 Å². The SMILES string of the molecule is COc1cc(I)c(C(=O)N[C@@H](C)C(=O)O)cc1OC. The third kappa shape index (κ3) is 3.72. The maximum Gasteiger partial charge on any atom is 0.325 e. The number of ether oxygens (including phenoxy) is 2. The van der Waals surface area contributed by atoms with Crippen molar-refractivity contribution in [1.82, 2.24) is 5.32 Å². The first-order valence-electron chi connectivity index (χ1n) is 5.35. The molecule has 0 aliphatic rings. The largest absolute Gasteiger partial charge is 0.493 e. The molecule has 0 unspecified atom stereocenters. The Balaban J connectivity index is 3.06. The molecule has 2 N–H and O–H groups in total. The second kappa shape index (κ2) is 6.60. The average molecular weight is 379 g/mol. The number of amides is 1. The quantitative estimate of drug-likeness (QED) is 0.758. The molecular formula is C12H14INO5. The Morgan fingerprint density at radius 2 is 1.79 bits per heavy atom. The summed E-state index contributed by atoms with van der Waals surface area (Å²) in [7, 11) is 2.96. The van der Waals surface area contributed by atoms with E-state index in [1.165, 1.54) is 27.2 Å². The molecule has 7 heteroatoms. The van der Waals surface area contributed by atoms with Gasteiger partial charge in [-0.1, -0.05) is 0 Å². The van der Waals surface area contributed by atoms with E-state index in [1.54, 1.807) is 6.07 Å². The van der Waals surface area contributed by atoms with Crippen LogP contribution in [0.4, 0.5) is 0 Å². The summed E-state index contributed by atoms with van der Waals surface area (Å²) < 4.78 is 10.9. The number of aliphatic carboxylic acids is 1. The average Bonchev–Trinajstić information content (AvgIpc) is 2.37. The minimum atomic E-state index is -1.09. The lowest BCUT2D eigenvalue weighted by molar-refractivity contribution is -0.138. The van der Waals surface area contributed by atoms with Crippen molar-refractivity contribution in [2.45, 2.75) is 13.0 Å². The monoisotopic (exact) mass is 379 g/mol. The molecule has 1 atom stereocenters. The second-order valence-corrected chi connectivity index (χ2v) is 4.88. The normalized spacial score (nSPS) is 11.6. The van der Waals surface area contributed by atoms with Crippen molar-refractivity contribution < 1.29 is 24.2 Å². The van der Waals surface area contributed by atoms with Crippen LogP contribution in [0.1, 0.15) is 17.3 Å². The van der Waals surface area contributed by atoms with Crippen molar-refractivity contribution in [3.63, 3.8) is 0 Å². The lowest BCUT2D eigenvalue weighted by atomic mass is 10.1. The number of hydrogen-bond acceptors (Lipinski definition) is 4. The number of benzene rings is 1. The molecule has 0 bridgehead atoms. The highest BCUT2D eigenvalue weighted by Gasteiger charge is 2.19. The molecule has 19 heavy (non-hydrogen) atoms. The van der Waals surface area contributed by atoms with Gasteiger partial charge >= 0.3 is 5.97 Å². The summed E-state index contributed by atoms with van der Waals surface area (Å²) in [6.45, 7) is 1.40. The van der Waals surface area contributed by atoms with Crippen LogP contribution in [0.3, 0.4) is 0 Å². The van der Waals surface area contributed by atoms with Crippen LogP contribution >= 0.6 is 22.6 Å². The number of methoxy groups -OCH3 is 2. The Kier molecular flexibility index (Phi) is 5.40. The number of carboxylic acid groups (broad SMARTS) is 1. The van der Waals surface area contributed by atoms with Gasteiger partial charge in [0, 0.05) is 3.57 Å². The van der Waals surface area contributed by atoms with Gasteiger partial charge in [-0.15, -0.1) is 0 Å². The van der Waals surface area contributed by atoms with Crippen molar-refractivity contribution in [2.75, 3.05) is 14.2 Å². The lowest BCUT2D eigenvalue weighted by Crippen LogP contribution is -2.38. The fourth-order valence-corrected chi connectivity index (χ4v) is 2.05. The number of halogens is 1. The third-order valence-corrected chi connectivity index (χ3v) is 3.33. The molecule has 1 aromatic rings. The molecule has 0 aliphatic heterocycles. The first-order valence-corrected chi connectivity index (χ1v) is 6.43. The summed E-state index contributed by atoms with van der Waals surface area (Å²) in [4.78, 5) is 22.7. The molecule has 6 nitrogen and oxygen atoms in total. The van der Waals surface area contributed by atoms with Crippen molar-refractivity contribution >= 4 is 34.5 Å². The highest BCUT2D eigenvalue weighted by Crippen LogP contribution is 2.31. The Hall–Kier alpha value is -1.51. The van der Waals surface area contributed by atoms with Gasteiger partial charge in [-0.2, -0.15) is 0 Å². The molecule has 1 rings (SSSR count). The number of hydrogen-bond donors (Lipinski definition) is 2. The number of carbonyl (C=O) groups excluding carboxylic acids is 1. The van der Waals surface area contributed by atoms with Gasteiger partial charge in [0.1, 0.15) is 6.04 Å². The first kappa shape index (κ1) is 15.5. The van der Waals surface area contributed by atoms with E-state index in [-0.39, 0.29) is 0 Å². The van der Waals surface area contributed by atoms with Gasteiger partial charge in [0.2, 0.25) is 0 Å². The molecule has 0 heterocycles. The van der Waals surface area contributed by atoms with Crippen LogP contribution in [0.5, 0.6) is 11.5 Å². The van der Waals surface area contributed by atoms with Crippen LogP contribution in [0, 0.1) is 3.57 Å². The molecular weight excluding hydrogens is 365 g/mol. The maximum absolute atomic E-state index is 12.0. The van der Waals surface area contributed by atoms with E-state index < -0.39 is 17.9 Å². The van der Waals surface area contributed by atoms with Crippen LogP contribution in [0.2, 0.25) is 0 Å². The van der Waals surface area contributed by atoms with Gasteiger partial charge in [0.25, 0.3) is 5.91 Å². The summed E-state index contributed by atoms with van der Waals surface area (Å²) >= 11 is 1.98. The molecule has 1 aromatic carbocycles. The van der Waals surface area contributed by atoms with Crippen LogP contribution < -0.4 is 14.8 Å². The molecule has 104 valence electrons. The van der Waals surface area contributed by atoms with Crippen LogP contribution in [0.25, 0.3) is 0 Å². The van der Waals surface area contributed by atoms with E-state index in [4.69, 9.17) is 14.6 Å². The minimum Gasteiger partial charge on any atom is -0.493 e. The maximum atomic E-state index is 12.0. The number of carboxylic acids is 1. The van der Waals surface area contributed by atoms with Crippen molar-refractivity contribution in [2.24, 2.45) is 0 Å². The fourth-order valence-electron chi connectivity index (χ4n) is 1.36. The molecule has 1 amide bonds. The number of carbonyl (C=O) groups is 2. The van der Waals surface area contributed by atoms with E-state index in [1.807, 2.05) is 22.6 Å². The molecule has 0 aromatic heterocycles. The van der Waals surface area contributed by atoms with Crippen LogP contribution in [-0.2, 0) is 4.79 Å². The molecule has 0 fully saturated rings. The highest BCUT2D eigenvalue weighted by molar-refractivity contribution is 14.1. The van der Waals surface area contributed by atoms with E-state index in [0.717, 1.165) is 0 Å². The first-order chi connectivity index (χ1) is 8.90. The number of nitrogens with one attached hydrogen (secondary N) is 1. The Labute approximate surface area is 124 Å². The topological polar surface area (TPSA) is 84.9 Å². The van der Waals surface area contributed by atoms with Gasteiger partial charge in [0.05, 0.1) is 19.8 Å². The van der Waals surface area contributed by atoms with Crippen molar-refractivity contribution in [3.8, 4) is 11.5 Å². The lowest BCUT2D eigenvalue weighted by Gasteiger charge is -2.13. The summed E-state index contributed by atoms with van der Waals surface area (Å²) in [5.41, 5.74) is 0.339. The Morgan fingerprint density at radius 1 is 1.26 bits per heavy atom. The smallest absolute Gasteiger partial charge is 0.325 e. The fraction of sp³-hybridized carbons (Fsp3) is 0.333. The standard InChI is InChI=1S/C12H14INO5/c1-6(12(16)17)14-11(15)7-4-9(18-2)10(19-3)5-8(7)13/h4-6H,1-3H3,(H,14,15)(H,16,17)/t6-/m0/s1. The summed E-state index contributed by atoms with van der Waals surface area (Å²) in [5, 5.41) is 11.2. The second-order valence-electron chi connectivity index (χ2n) is 3.72. The van der Waals surface area contributed by atoms with Gasteiger partial charge < -0.3 is 19.9 Å². The molecule has 0 radical (unpaired) electrons. The molecule has 0 spiro atoms. The zero-order valence-electron chi connectivity index (χ0n) is 10.7. The van der Waals surface area contributed by atoms with Crippen molar-refractivity contribution in [3.05, 3.63) is 21.3 Å². The van der Waals surface area contributed by atoms with E-state index in [9.17, 15) is 9.59 Å². The number of rotatable bonds is 5. The summed E-state index contributed by atoms with van der Waals surface area (Å²) in [5.74, 6) is -0.644. The van der Waals surface area contributed by atoms with Gasteiger partial charge in [0.15, 0.2) is 11.5 Å². The van der Waals surface area contributed by atoms with Gasteiger partial charge in [-0.3, -0.25) is 9.59 Å². The predicted octanol–water partition coefficient (Wildman–Crippen LogP) is 1.51. The molecule has 0 aliphatic carbocycles. The van der Waals surface area contributed by atoms with E-state index in [2.05, 4.69) is 5.32 Å². The zero-order valence-corrected chi connectivity index (χ0v) is 12.8. The van der Waals surface area contributed by atoms with E-state index >= 15 is 0 Å². The van der Waals surface area contributed by atoms with E-state index in [0.29, 0.717) is 20.6 Å². The Bertz CT molecular complexity index is 503. The summed E-state index contributed by atoms with van der Waals surface area (Å²) in [6, 6.07) is 2.21. The molecule has 0 saturated heterocycles. The zero-order chi connectivity index (χ0) is 14.6. The van der Waals surface area contributed by atoms with Gasteiger partial charge in [-0.05, 0) is 41.6 Å². The minimum absolute atomic E-state index is 0.339. The summed E-state index contributed by atoms with van der Waals surface area (Å²) in [6.07, 6.45) is 0.